The van der Waals surface area contributed by atoms with Gasteiger partial charge in [-0.05, 0) is 18.6 Å². The van der Waals surface area contributed by atoms with Gasteiger partial charge in [-0.2, -0.15) is 13.2 Å². The SMILES string of the molecule is O=Cc1c(F)cccc1OCCCC(F)(F)F. The zero-order valence-electron chi connectivity index (χ0n) is 8.76. The van der Waals surface area contributed by atoms with Crippen LogP contribution in [-0.2, 0) is 0 Å². The van der Waals surface area contributed by atoms with Crippen LogP contribution in [0.15, 0.2) is 18.2 Å². The number of alkyl halides is 3. The molecule has 94 valence electrons. The van der Waals surface area contributed by atoms with Gasteiger partial charge in [-0.1, -0.05) is 6.07 Å². The van der Waals surface area contributed by atoms with Gasteiger partial charge in [0.25, 0.3) is 0 Å². The molecule has 0 heterocycles. The Balaban J connectivity index is 2.52. The highest BCUT2D eigenvalue weighted by atomic mass is 19.4. The number of hydrogen-bond donors (Lipinski definition) is 0. The molecule has 0 aliphatic carbocycles. The largest absolute Gasteiger partial charge is 0.493 e. The van der Waals surface area contributed by atoms with Gasteiger partial charge in [0.15, 0.2) is 6.29 Å². The van der Waals surface area contributed by atoms with Gasteiger partial charge in [0.2, 0.25) is 0 Å². The van der Waals surface area contributed by atoms with E-state index in [1.807, 2.05) is 0 Å². The number of benzene rings is 1. The first-order valence-electron chi connectivity index (χ1n) is 4.87. The molecule has 1 rings (SSSR count). The van der Waals surface area contributed by atoms with Crippen molar-refractivity contribution in [3.63, 3.8) is 0 Å². The molecule has 0 saturated carbocycles. The topological polar surface area (TPSA) is 26.3 Å². The van der Waals surface area contributed by atoms with Crippen LogP contribution < -0.4 is 4.74 Å². The second kappa shape index (κ2) is 5.65. The second-order valence-electron chi connectivity index (χ2n) is 3.34. The lowest BCUT2D eigenvalue weighted by Gasteiger charge is -2.09. The summed E-state index contributed by atoms with van der Waals surface area (Å²) < 4.78 is 53.4. The third-order valence-electron chi connectivity index (χ3n) is 1.99. The van der Waals surface area contributed by atoms with Crippen molar-refractivity contribution in [1.82, 2.24) is 0 Å². The van der Waals surface area contributed by atoms with Crippen molar-refractivity contribution >= 4 is 6.29 Å². The number of carbonyl (C=O) groups is 1. The van der Waals surface area contributed by atoms with E-state index in [1.54, 1.807) is 0 Å². The molecule has 0 amide bonds. The molecule has 0 atom stereocenters. The standard InChI is InChI=1S/C11H10F4O2/c12-9-3-1-4-10(8(9)7-16)17-6-2-5-11(13,14)15/h1,3-4,7H,2,5-6H2. The van der Waals surface area contributed by atoms with Crippen molar-refractivity contribution in [3.8, 4) is 5.75 Å². The Labute approximate surface area is 95.2 Å². The monoisotopic (exact) mass is 250 g/mol. The van der Waals surface area contributed by atoms with Crippen LogP contribution in [-0.4, -0.2) is 19.1 Å². The molecule has 1 aromatic carbocycles. The van der Waals surface area contributed by atoms with Gasteiger partial charge in [-0.3, -0.25) is 4.79 Å². The van der Waals surface area contributed by atoms with Crippen LogP contribution in [0.25, 0.3) is 0 Å². The molecule has 0 aliphatic heterocycles. The highest BCUT2D eigenvalue weighted by molar-refractivity contribution is 5.79. The summed E-state index contributed by atoms with van der Waals surface area (Å²) in [4.78, 5) is 10.5. The molecule has 2 nitrogen and oxygen atoms in total. The van der Waals surface area contributed by atoms with E-state index >= 15 is 0 Å². The fourth-order valence-electron chi connectivity index (χ4n) is 1.21. The van der Waals surface area contributed by atoms with Gasteiger partial charge in [-0.15, -0.1) is 0 Å². The Morgan fingerprint density at radius 2 is 2.00 bits per heavy atom. The lowest BCUT2D eigenvalue weighted by molar-refractivity contribution is -0.136. The van der Waals surface area contributed by atoms with Gasteiger partial charge in [-0.25, -0.2) is 4.39 Å². The minimum atomic E-state index is -4.24. The van der Waals surface area contributed by atoms with E-state index in [2.05, 4.69) is 0 Å². The number of carbonyl (C=O) groups excluding carboxylic acids is 1. The van der Waals surface area contributed by atoms with Crippen molar-refractivity contribution in [2.45, 2.75) is 19.0 Å². The molecule has 0 unspecified atom stereocenters. The lowest BCUT2D eigenvalue weighted by atomic mass is 10.2. The van der Waals surface area contributed by atoms with Crippen LogP contribution in [0.3, 0.4) is 0 Å². The molecular formula is C11H10F4O2. The summed E-state index contributed by atoms with van der Waals surface area (Å²) in [7, 11) is 0. The first kappa shape index (κ1) is 13.5. The molecule has 0 bridgehead atoms. The average molecular weight is 250 g/mol. The molecule has 0 spiro atoms. The van der Waals surface area contributed by atoms with Crippen LogP contribution >= 0.6 is 0 Å². The fraction of sp³-hybridized carbons (Fsp3) is 0.364. The van der Waals surface area contributed by atoms with Crippen molar-refractivity contribution in [2.24, 2.45) is 0 Å². The number of ether oxygens (including phenoxy) is 1. The summed E-state index contributed by atoms with van der Waals surface area (Å²) in [5.74, 6) is -0.796. The van der Waals surface area contributed by atoms with Gasteiger partial charge in [0.05, 0.1) is 12.2 Å². The van der Waals surface area contributed by atoms with E-state index in [0.717, 1.165) is 6.07 Å². The molecule has 6 heteroatoms. The molecule has 0 fully saturated rings. The predicted molar refractivity (Wildman–Crippen MR) is 52.6 cm³/mol. The summed E-state index contributed by atoms with van der Waals surface area (Å²) in [6, 6.07) is 3.73. The average Bonchev–Trinajstić information content (AvgIpc) is 2.23. The molecule has 0 radical (unpaired) electrons. The van der Waals surface area contributed by atoms with Crippen LogP contribution in [0.1, 0.15) is 23.2 Å². The van der Waals surface area contributed by atoms with Crippen LogP contribution in [0.2, 0.25) is 0 Å². The molecule has 0 aromatic heterocycles. The Kier molecular flexibility index (Phi) is 4.48. The summed E-state index contributed by atoms with van der Waals surface area (Å²) in [6.07, 6.45) is -5.18. The van der Waals surface area contributed by atoms with E-state index in [4.69, 9.17) is 4.74 Å². The van der Waals surface area contributed by atoms with Crippen LogP contribution in [0.4, 0.5) is 17.6 Å². The summed E-state index contributed by atoms with van der Waals surface area (Å²) in [5, 5.41) is 0. The van der Waals surface area contributed by atoms with E-state index in [9.17, 15) is 22.4 Å². The van der Waals surface area contributed by atoms with E-state index < -0.39 is 18.4 Å². The fourth-order valence-corrected chi connectivity index (χ4v) is 1.21. The second-order valence-corrected chi connectivity index (χ2v) is 3.34. The third kappa shape index (κ3) is 4.42. The minimum absolute atomic E-state index is 0.0397. The van der Waals surface area contributed by atoms with Gasteiger partial charge < -0.3 is 4.74 Å². The molecule has 1 aromatic rings. The van der Waals surface area contributed by atoms with Gasteiger partial charge in [0, 0.05) is 6.42 Å². The maximum atomic E-state index is 13.1. The van der Waals surface area contributed by atoms with Crippen LogP contribution in [0, 0.1) is 5.82 Å². The lowest BCUT2D eigenvalue weighted by Crippen LogP contribution is -2.10. The molecular weight excluding hydrogens is 240 g/mol. The Morgan fingerprint density at radius 1 is 1.29 bits per heavy atom. The third-order valence-corrected chi connectivity index (χ3v) is 1.99. The Morgan fingerprint density at radius 3 is 2.59 bits per heavy atom. The van der Waals surface area contributed by atoms with Crippen LogP contribution in [0.5, 0.6) is 5.75 Å². The molecule has 17 heavy (non-hydrogen) atoms. The number of aldehydes is 1. The first-order valence-corrected chi connectivity index (χ1v) is 4.87. The smallest absolute Gasteiger partial charge is 0.389 e. The molecule has 0 saturated heterocycles. The van der Waals surface area contributed by atoms with Crippen molar-refractivity contribution in [1.29, 1.82) is 0 Å². The number of hydrogen-bond acceptors (Lipinski definition) is 2. The van der Waals surface area contributed by atoms with Gasteiger partial charge >= 0.3 is 6.18 Å². The normalized spacial score (nSPS) is 11.3. The van der Waals surface area contributed by atoms with Crippen molar-refractivity contribution < 1.29 is 27.1 Å². The number of rotatable bonds is 5. The quantitative estimate of drug-likeness (QED) is 0.455. The van der Waals surface area contributed by atoms with Gasteiger partial charge in [0.1, 0.15) is 11.6 Å². The number of halogens is 4. The summed E-state index contributed by atoms with van der Waals surface area (Å²) in [6.45, 7) is -0.218. The maximum Gasteiger partial charge on any atom is 0.389 e. The highest BCUT2D eigenvalue weighted by Gasteiger charge is 2.26. The van der Waals surface area contributed by atoms with Crippen molar-refractivity contribution in [2.75, 3.05) is 6.61 Å². The molecule has 0 N–H and O–H groups in total. The summed E-state index contributed by atoms with van der Waals surface area (Å²) in [5.41, 5.74) is -0.278. The molecule has 0 aliphatic rings. The van der Waals surface area contributed by atoms with Crippen molar-refractivity contribution in [3.05, 3.63) is 29.6 Å². The maximum absolute atomic E-state index is 13.1. The minimum Gasteiger partial charge on any atom is -0.493 e. The Hall–Kier alpha value is -1.59. The Bertz CT molecular complexity index is 388. The zero-order chi connectivity index (χ0) is 12.9. The summed E-state index contributed by atoms with van der Waals surface area (Å²) >= 11 is 0. The van der Waals surface area contributed by atoms with E-state index in [0.29, 0.717) is 0 Å². The van der Waals surface area contributed by atoms with E-state index in [1.165, 1.54) is 12.1 Å². The predicted octanol–water partition coefficient (Wildman–Crippen LogP) is 3.36. The zero-order valence-corrected chi connectivity index (χ0v) is 8.76. The van der Waals surface area contributed by atoms with E-state index in [-0.39, 0.29) is 30.6 Å². The highest BCUT2D eigenvalue weighted by Crippen LogP contribution is 2.23. The first-order chi connectivity index (χ1) is 7.94.